The van der Waals surface area contributed by atoms with Gasteiger partial charge in [0.1, 0.15) is 11.5 Å². The normalized spacial score (nSPS) is 17.8. The Hall–Kier alpha value is -2.76. The number of hydrogen-bond donors (Lipinski definition) is 0. The van der Waals surface area contributed by atoms with Crippen molar-refractivity contribution in [2.45, 2.75) is 26.8 Å². The van der Waals surface area contributed by atoms with Gasteiger partial charge in [0.2, 0.25) is 11.6 Å². The molecule has 2 heterocycles. The van der Waals surface area contributed by atoms with Crippen LogP contribution in [0.15, 0.2) is 34.7 Å². The quantitative estimate of drug-likeness (QED) is 0.601. The second-order valence-electron chi connectivity index (χ2n) is 8.60. The Morgan fingerprint density at radius 3 is 2.53 bits per heavy atom. The van der Waals surface area contributed by atoms with Gasteiger partial charge in [-0.15, -0.1) is 0 Å². The fourth-order valence-corrected chi connectivity index (χ4v) is 4.81. The van der Waals surface area contributed by atoms with Crippen LogP contribution in [0.5, 0.6) is 0 Å². The average Bonchev–Trinajstić information content (AvgIpc) is 2.91. The monoisotopic (exact) mass is 402 g/mol. The molecule has 0 N–H and O–H groups in total. The van der Waals surface area contributed by atoms with E-state index < -0.39 is 11.6 Å². The first-order valence-electron chi connectivity index (χ1n) is 10.6. The van der Waals surface area contributed by atoms with E-state index in [0.717, 1.165) is 65.8 Å². The van der Waals surface area contributed by atoms with Crippen molar-refractivity contribution in [3.05, 3.63) is 58.3 Å². The standard InChI is InChI=1S/C25H26N2O3/c1-15-6-4-7-18-17(15)8-9-19-22(18)24(29)23(28)21-16(2)20(30-25(19)21)14-27-11-5-10-26(3)12-13-27/h4,6-9H,5,10-14H2,1-3H3. The van der Waals surface area contributed by atoms with Crippen molar-refractivity contribution in [3.63, 3.8) is 0 Å². The van der Waals surface area contributed by atoms with Gasteiger partial charge in [-0.25, -0.2) is 0 Å². The molecule has 1 aliphatic heterocycles. The zero-order valence-electron chi connectivity index (χ0n) is 17.7. The van der Waals surface area contributed by atoms with Gasteiger partial charge in [0.25, 0.3) is 0 Å². The van der Waals surface area contributed by atoms with Crippen LogP contribution < -0.4 is 0 Å². The first-order chi connectivity index (χ1) is 14.5. The molecule has 1 aliphatic carbocycles. The summed E-state index contributed by atoms with van der Waals surface area (Å²) in [4.78, 5) is 30.9. The van der Waals surface area contributed by atoms with E-state index in [4.69, 9.17) is 4.42 Å². The van der Waals surface area contributed by atoms with Gasteiger partial charge in [0.05, 0.1) is 12.1 Å². The third-order valence-electron chi connectivity index (χ3n) is 6.61. The van der Waals surface area contributed by atoms with Crippen molar-refractivity contribution in [1.29, 1.82) is 0 Å². The number of aryl methyl sites for hydroxylation is 1. The Kier molecular flexibility index (Phi) is 4.60. The molecule has 2 aliphatic rings. The van der Waals surface area contributed by atoms with Crippen molar-refractivity contribution in [2.24, 2.45) is 0 Å². The summed E-state index contributed by atoms with van der Waals surface area (Å²) >= 11 is 0. The Bertz CT molecular complexity index is 1190. The van der Waals surface area contributed by atoms with Gasteiger partial charge in [0, 0.05) is 29.8 Å². The summed E-state index contributed by atoms with van der Waals surface area (Å²) < 4.78 is 6.30. The number of fused-ring (bicyclic) bond motifs is 5. The van der Waals surface area contributed by atoms with Gasteiger partial charge < -0.3 is 9.32 Å². The smallest absolute Gasteiger partial charge is 0.237 e. The zero-order valence-corrected chi connectivity index (χ0v) is 17.7. The van der Waals surface area contributed by atoms with Gasteiger partial charge in [-0.3, -0.25) is 14.5 Å². The molecular weight excluding hydrogens is 376 g/mol. The summed E-state index contributed by atoms with van der Waals surface area (Å²) in [5.74, 6) is 0.468. The lowest BCUT2D eigenvalue weighted by molar-refractivity contribution is 0.0815. The SMILES string of the molecule is Cc1c(CN2CCCN(C)CC2)oc2c1C(=O)C(=O)c1c-2ccc2c(C)cccc12. The van der Waals surface area contributed by atoms with Crippen molar-refractivity contribution in [3.8, 4) is 11.3 Å². The van der Waals surface area contributed by atoms with E-state index in [0.29, 0.717) is 23.4 Å². The van der Waals surface area contributed by atoms with Gasteiger partial charge in [-0.1, -0.05) is 24.3 Å². The maximum absolute atomic E-state index is 13.1. The number of rotatable bonds is 2. The van der Waals surface area contributed by atoms with Crippen LogP contribution in [-0.2, 0) is 6.54 Å². The topological polar surface area (TPSA) is 53.8 Å². The van der Waals surface area contributed by atoms with Crippen LogP contribution in [0.1, 0.15) is 44.0 Å². The Labute approximate surface area is 176 Å². The number of Topliss-reactive ketones (excluding diaryl/α,β-unsaturated/α-hetero) is 2. The summed E-state index contributed by atoms with van der Waals surface area (Å²) in [5.41, 5.74) is 3.55. The largest absolute Gasteiger partial charge is 0.459 e. The molecule has 30 heavy (non-hydrogen) atoms. The lowest BCUT2D eigenvalue weighted by Gasteiger charge is -2.19. The first-order valence-corrected chi connectivity index (χ1v) is 10.6. The highest BCUT2D eigenvalue weighted by Crippen LogP contribution is 2.41. The van der Waals surface area contributed by atoms with Crippen molar-refractivity contribution in [1.82, 2.24) is 9.80 Å². The van der Waals surface area contributed by atoms with Gasteiger partial charge in [-0.2, -0.15) is 0 Å². The lowest BCUT2D eigenvalue weighted by atomic mass is 9.83. The molecule has 1 saturated heterocycles. The van der Waals surface area contributed by atoms with Gasteiger partial charge in [0.15, 0.2) is 0 Å². The zero-order chi connectivity index (χ0) is 21.0. The minimum Gasteiger partial charge on any atom is -0.459 e. The van der Waals surface area contributed by atoms with Crippen LogP contribution in [0, 0.1) is 13.8 Å². The van der Waals surface area contributed by atoms with E-state index in [1.54, 1.807) is 0 Å². The molecule has 154 valence electrons. The highest BCUT2D eigenvalue weighted by atomic mass is 16.3. The van der Waals surface area contributed by atoms with Crippen LogP contribution in [-0.4, -0.2) is 54.6 Å². The number of furan rings is 1. The second-order valence-corrected chi connectivity index (χ2v) is 8.60. The molecular formula is C25H26N2O3. The fraction of sp³-hybridized carbons (Fsp3) is 0.360. The van der Waals surface area contributed by atoms with E-state index in [1.807, 2.05) is 44.2 Å². The molecule has 5 nitrogen and oxygen atoms in total. The van der Waals surface area contributed by atoms with Crippen molar-refractivity contribution >= 4 is 22.3 Å². The number of likely N-dealkylation sites (N-methyl/N-ethyl adjacent to an activating group) is 1. The maximum atomic E-state index is 13.1. The molecule has 5 heteroatoms. The third kappa shape index (κ3) is 2.92. The first kappa shape index (κ1) is 19.2. The molecule has 0 bridgehead atoms. The van der Waals surface area contributed by atoms with Gasteiger partial charge in [-0.05, 0) is 62.8 Å². The minimum absolute atomic E-state index is 0.430. The number of ketones is 2. The second kappa shape index (κ2) is 7.18. The Morgan fingerprint density at radius 1 is 0.900 bits per heavy atom. The summed E-state index contributed by atoms with van der Waals surface area (Å²) in [5, 5.41) is 1.82. The highest BCUT2D eigenvalue weighted by molar-refractivity contribution is 6.54. The molecule has 5 rings (SSSR count). The Balaban J connectivity index is 1.61. The predicted molar refractivity (Wildman–Crippen MR) is 117 cm³/mol. The van der Waals surface area contributed by atoms with Crippen LogP contribution in [0.4, 0.5) is 0 Å². The summed E-state index contributed by atoms with van der Waals surface area (Å²) in [6, 6.07) is 9.82. The number of carbonyl (C=O) groups is 2. The molecule has 1 fully saturated rings. The molecule has 0 saturated carbocycles. The minimum atomic E-state index is -0.449. The van der Waals surface area contributed by atoms with E-state index >= 15 is 0 Å². The van der Waals surface area contributed by atoms with Crippen LogP contribution >= 0.6 is 0 Å². The van der Waals surface area contributed by atoms with Crippen LogP contribution in [0.3, 0.4) is 0 Å². The molecule has 0 atom stereocenters. The molecule has 3 aromatic rings. The number of benzene rings is 2. The molecule has 0 unspecified atom stereocenters. The van der Waals surface area contributed by atoms with E-state index in [2.05, 4.69) is 16.8 Å². The van der Waals surface area contributed by atoms with Crippen LogP contribution in [0.25, 0.3) is 22.1 Å². The lowest BCUT2D eigenvalue weighted by Crippen LogP contribution is -2.28. The van der Waals surface area contributed by atoms with Gasteiger partial charge >= 0.3 is 0 Å². The third-order valence-corrected chi connectivity index (χ3v) is 6.61. The van der Waals surface area contributed by atoms with Crippen molar-refractivity contribution in [2.75, 3.05) is 33.2 Å². The number of carbonyl (C=O) groups excluding carboxylic acids is 2. The maximum Gasteiger partial charge on any atom is 0.237 e. The molecule has 0 spiro atoms. The summed E-state index contributed by atoms with van der Waals surface area (Å²) in [6.07, 6.45) is 1.11. The average molecular weight is 402 g/mol. The Morgan fingerprint density at radius 2 is 1.70 bits per heavy atom. The number of nitrogens with zero attached hydrogens (tertiary/aromatic N) is 2. The molecule has 0 amide bonds. The fourth-order valence-electron chi connectivity index (χ4n) is 4.81. The molecule has 0 radical (unpaired) electrons. The summed E-state index contributed by atoms with van der Waals surface area (Å²) in [6.45, 7) is 8.67. The van der Waals surface area contributed by atoms with E-state index in [1.165, 1.54) is 0 Å². The highest BCUT2D eigenvalue weighted by Gasteiger charge is 2.37. The number of hydrogen-bond acceptors (Lipinski definition) is 5. The van der Waals surface area contributed by atoms with E-state index in [9.17, 15) is 9.59 Å². The predicted octanol–water partition coefficient (Wildman–Crippen LogP) is 4.23. The molecule has 2 aromatic carbocycles. The van der Waals surface area contributed by atoms with E-state index in [-0.39, 0.29) is 0 Å². The van der Waals surface area contributed by atoms with Crippen molar-refractivity contribution < 1.29 is 14.0 Å². The van der Waals surface area contributed by atoms with Crippen LogP contribution in [0.2, 0.25) is 0 Å². The summed E-state index contributed by atoms with van der Waals surface area (Å²) in [7, 11) is 2.15. The molecule has 1 aromatic heterocycles.